The van der Waals surface area contributed by atoms with E-state index < -0.39 is 11.9 Å². The zero-order valence-corrected chi connectivity index (χ0v) is 14.6. The van der Waals surface area contributed by atoms with Crippen LogP contribution in [0.5, 0.6) is 0 Å². The van der Waals surface area contributed by atoms with E-state index >= 15 is 0 Å². The molecule has 0 bridgehead atoms. The summed E-state index contributed by atoms with van der Waals surface area (Å²) in [5.74, 6) is -0.673. The molecule has 2 aliphatic rings. The van der Waals surface area contributed by atoms with Crippen molar-refractivity contribution in [1.29, 1.82) is 0 Å². The molecule has 26 heavy (non-hydrogen) atoms. The van der Waals surface area contributed by atoms with Crippen LogP contribution < -0.4 is 5.32 Å². The number of rotatable bonds is 6. The summed E-state index contributed by atoms with van der Waals surface area (Å²) in [6.07, 6.45) is 2.70. The van der Waals surface area contributed by atoms with Gasteiger partial charge in [0.25, 0.3) is 5.91 Å². The number of likely N-dealkylation sites (tertiary alicyclic amines) is 1. The third kappa shape index (κ3) is 4.28. The van der Waals surface area contributed by atoms with Crippen molar-refractivity contribution in [2.75, 3.05) is 26.2 Å². The molecule has 0 unspecified atom stereocenters. The number of imide groups is 1. The molecule has 0 radical (unpaired) electrons. The third-order valence-electron chi connectivity index (χ3n) is 4.96. The minimum Gasteiger partial charge on any atom is -0.340 e. The Morgan fingerprint density at radius 2 is 1.92 bits per heavy atom. The SMILES string of the molecule is O=C(CCc1ccccc1)[C@H]1CCCN(C(=O)CN2C(=O)CNC2=O)C1. The first-order valence-corrected chi connectivity index (χ1v) is 8.97. The third-order valence-corrected chi connectivity index (χ3v) is 4.96. The second-order valence-electron chi connectivity index (χ2n) is 6.77. The predicted molar refractivity (Wildman–Crippen MR) is 94.2 cm³/mol. The van der Waals surface area contributed by atoms with Crippen LogP contribution in [0.25, 0.3) is 0 Å². The topological polar surface area (TPSA) is 86.8 Å². The molecule has 1 atom stereocenters. The van der Waals surface area contributed by atoms with Gasteiger partial charge in [0.1, 0.15) is 12.3 Å². The summed E-state index contributed by atoms with van der Waals surface area (Å²) in [5.41, 5.74) is 1.13. The van der Waals surface area contributed by atoms with Crippen LogP contribution in [0.2, 0.25) is 0 Å². The van der Waals surface area contributed by atoms with Gasteiger partial charge >= 0.3 is 6.03 Å². The quantitative estimate of drug-likeness (QED) is 0.769. The molecule has 7 heteroatoms. The van der Waals surface area contributed by atoms with Crippen LogP contribution in [0.4, 0.5) is 4.79 Å². The molecule has 2 aliphatic heterocycles. The minimum absolute atomic E-state index is 0.0628. The van der Waals surface area contributed by atoms with E-state index in [0.29, 0.717) is 25.9 Å². The fourth-order valence-corrected chi connectivity index (χ4v) is 3.43. The number of hydrogen-bond acceptors (Lipinski definition) is 4. The first kappa shape index (κ1) is 18.1. The lowest BCUT2D eigenvalue weighted by Gasteiger charge is -2.32. The van der Waals surface area contributed by atoms with Gasteiger partial charge in [0.05, 0.1) is 6.54 Å². The smallest absolute Gasteiger partial charge is 0.325 e. The second kappa shape index (κ2) is 8.12. The Morgan fingerprint density at radius 1 is 1.15 bits per heavy atom. The molecule has 2 fully saturated rings. The highest BCUT2D eigenvalue weighted by Gasteiger charge is 2.34. The van der Waals surface area contributed by atoms with Crippen LogP contribution >= 0.6 is 0 Å². The lowest BCUT2D eigenvalue weighted by Crippen LogP contribution is -2.47. The Bertz CT molecular complexity index is 688. The van der Waals surface area contributed by atoms with Gasteiger partial charge in [0, 0.05) is 25.4 Å². The molecule has 0 spiro atoms. The van der Waals surface area contributed by atoms with Crippen molar-refractivity contribution in [2.45, 2.75) is 25.7 Å². The van der Waals surface area contributed by atoms with Crippen molar-refractivity contribution in [3.8, 4) is 0 Å². The van der Waals surface area contributed by atoms with Crippen LogP contribution in [0.15, 0.2) is 30.3 Å². The number of ketones is 1. The summed E-state index contributed by atoms with van der Waals surface area (Å²) in [7, 11) is 0. The standard InChI is InChI=1S/C19H23N3O4/c23-16(9-8-14-5-2-1-3-6-14)15-7-4-10-21(12-15)18(25)13-22-17(24)11-20-19(22)26/h1-3,5-6,15H,4,7-13H2,(H,20,26)/t15-/m0/s1. The van der Waals surface area contributed by atoms with E-state index in [0.717, 1.165) is 23.3 Å². The van der Waals surface area contributed by atoms with Crippen molar-refractivity contribution in [2.24, 2.45) is 5.92 Å². The van der Waals surface area contributed by atoms with Crippen molar-refractivity contribution in [3.05, 3.63) is 35.9 Å². The monoisotopic (exact) mass is 357 g/mol. The van der Waals surface area contributed by atoms with Gasteiger partial charge < -0.3 is 10.2 Å². The summed E-state index contributed by atoms with van der Waals surface area (Å²) in [5, 5.41) is 2.40. The van der Waals surface area contributed by atoms with Gasteiger partial charge in [-0.05, 0) is 24.8 Å². The highest BCUT2D eigenvalue weighted by Crippen LogP contribution is 2.20. The molecule has 3 rings (SSSR count). The van der Waals surface area contributed by atoms with E-state index in [1.54, 1.807) is 4.90 Å². The molecule has 0 aromatic heterocycles. The number of urea groups is 1. The Kier molecular flexibility index (Phi) is 5.65. The lowest BCUT2D eigenvalue weighted by atomic mass is 9.90. The van der Waals surface area contributed by atoms with Crippen LogP contribution in [-0.2, 0) is 20.8 Å². The van der Waals surface area contributed by atoms with Gasteiger partial charge in [-0.25, -0.2) is 4.79 Å². The van der Waals surface area contributed by atoms with E-state index in [4.69, 9.17) is 0 Å². The number of aryl methyl sites for hydroxylation is 1. The maximum atomic E-state index is 12.5. The van der Waals surface area contributed by atoms with E-state index in [1.165, 1.54) is 0 Å². The largest absolute Gasteiger partial charge is 0.340 e. The number of piperidine rings is 1. The van der Waals surface area contributed by atoms with Gasteiger partial charge in [0.2, 0.25) is 5.91 Å². The number of carbonyl (C=O) groups is 4. The average molecular weight is 357 g/mol. The van der Waals surface area contributed by atoms with Crippen LogP contribution in [0.1, 0.15) is 24.8 Å². The molecular formula is C19H23N3O4. The molecule has 1 aromatic rings. The Labute approximate surface area is 152 Å². The molecule has 1 aromatic carbocycles. The molecule has 2 saturated heterocycles. The van der Waals surface area contributed by atoms with Crippen LogP contribution in [-0.4, -0.2) is 59.6 Å². The van der Waals surface area contributed by atoms with Gasteiger partial charge in [0.15, 0.2) is 0 Å². The zero-order valence-electron chi connectivity index (χ0n) is 14.6. The molecule has 2 heterocycles. The van der Waals surface area contributed by atoms with Gasteiger partial charge in [-0.2, -0.15) is 0 Å². The summed E-state index contributed by atoms with van der Waals surface area (Å²) in [6, 6.07) is 9.33. The Hall–Kier alpha value is -2.70. The predicted octanol–water partition coefficient (Wildman–Crippen LogP) is 0.979. The fourth-order valence-electron chi connectivity index (χ4n) is 3.43. The van der Waals surface area contributed by atoms with Crippen LogP contribution in [0.3, 0.4) is 0 Å². The molecule has 0 saturated carbocycles. The first-order chi connectivity index (χ1) is 12.5. The fraction of sp³-hybridized carbons (Fsp3) is 0.474. The maximum Gasteiger partial charge on any atom is 0.325 e. The van der Waals surface area contributed by atoms with Gasteiger partial charge in [-0.3, -0.25) is 19.3 Å². The first-order valence-electron chi connectivity index (χ1n) is 8.97. The highest BCUT2D eigenvalue weighted by atomic mass is 16.2. The molecule has 1 N–H and O–H groups in total. The maximum absolute atomic E-state index is 12.5. The van der Waals surface area contributed by atoms with E-state index in [1.807, 2.05) is 30.3 Å². The van der Waals surface area contributed by atoms with E-state index in [2.05, 4.69) is 5.32 Å². The number of amides is 4. The molecule has 7 nitrogen and oxygen atoms in total. The Morgan fingerprint density at radius 3 is 2.62 bits per heavy atom. The average Bonchev–Trinajstić information content (AvgIpc) is 2.99. The highest BCUT2D eigenvalue weighted by molar-refractivity contribution is 6.04. The summed E-state index contributed by atoms with van der Waals surface area (Å²) < 4.78 is 0. The minimum atomic E-state index is -0.532. The van der Waals surface area contributed by atoms with Crippen molar-refractivity contribution >= 4 is 23.6 Å². The van der Waals surface area contributed by atoms with E-state index in [9.17, 15) is 19.2 Å². The van der Waals surface area contributed by atoms with Crippen molar-refractivity contribution in [1.82, 2.24) is 15.1 Å². The molecular weight excluding hydrogens is 334 g/mol. The lowest BCUT2D eigenvalue weighted by molar-refractivity contribution is -0.139. The molecule has 138 valence electrons. The summed E-state index contributed by atoms with van der Waals surface area (Å²) >= 11 is 0. The number of Topliss-reactive ketones (excluding diaryl/α,β-unsaturated/α-hetero) is 1. The number of hydrogen-bond donors (Lipinski definition) is 1. The summed E-state index contributed by atoms with van der Waals surface area (Å²) in [4.78, 5) is 50.7. The second-order valence-corrected chi connectivity index (χ2v) is 6.77. The van der Waals surface area contributed by atoms with Gasteiger partial charge in [-0.15, -0.1) is 0 Å². The zero-order chi connectivity index (χ0) is 18.5. The van der Waals surface area contributed by atoms with Crippen molar-refractivity contribution in [3.63, 3.8) is 0 Å². The number of carbonyl (C=O) groups excluding carboxylic acids is 4. The normalized spacial score (nSPS) is 20.2. The van der Waals surface area contributed by atoms with Gasteiger partial charge in [-0.1, -0.05) is 30.3 Å². The number of nitrogens with one attached hydrogen (secondary N) is 1. The van der Waals surface area contributed by atoms with Crippen LogP contribution in [0, 0.1) is 5.92 Å². The Balaban J connectivity index is 1.51. The molecule has 0 aliphatic carbocycles. The number of nitrogens with zero attached hydrogens (tertiary/aromatic N) is 2. The summed E-state index contributed by atoms with van der Waals surface area (Å²) in [6.45, 7) is 0.614. The molecule has 4 amide bonds. The number of benzene rings is 1. The van der Waals surface area contributed by atoms with E-state index in [-0.39, 0.29) is 30.7 Å². The van der Waals surface area contributed by atoms with Crippen molar-refractivity contribution < 1.29 is 19.2 Å².